The van der Waals surface area contributed by atoms with E-state index in [-0.39, 0.29) is 12.4 Å². The zero-order chi connectivity index (χ0) is 15.2. The summed E-state index contributed by atoms with van der Waals surface area (Å²) in [4.78, 5) is 11.6. The summed E-state index contributed by atoms with van der Waals surface area (Å²) in [5, 5.41) is 0. The third-order valence-electron chi connectivity index (χ3n) is 2.49. The van der Waals surface area contributed by atoms with Gasteiger partial charge in [0.15, 0.2) is 0 Å². The molecular weight excluding hydrogens is 278 g/mol. The topological polar surface area (TPSA) is 38.8 Å². The molecule has 0 heterocycles. The minimum absolute atomic E-state index is 0.238. The van der Waals surface area contributed by atoms with E-state index in [0.717, 1.165) is 11.3 Å². The molecule has 112 valence electrons. The number of hydrogen-bond donors (Lipinski definition) is 0. The maximum Gasteiger partial charge on any atom is 0.307 e. The van der Waals surface area contributed by atoms with Crippen LogP contribution >= 0.6 is 11.8 Å². The van der Waals surface area contributed by atoms with Gasteiger partial charge in [-0.15, -0.1) is 0 Å². The molecule has 0 bridgehead atoms. The van der Waals surface area contributed by atoms with Crippen LogP contribution in [0.4, 0.5) is 0 Å². The van der Waals surface area contributed by atoms with Crippen LogP contribution in [0.15, 0.2) is 24.3 Å². The quantitative estimate of drug-likeness (QED) is 0.596. The van der Waals surface area contributed by atoms with Gasteiger partial charge in [-0.05, 0) is 50.2 Å². The van der Waals surface area contributed by atoms with E-state index in [4.69, 9.17) is 21.3 Å². The van der Waals surface area contributed by atoms with Crippen molar-refractivity contribution in [1.29, 1.82) is 0 Å². The Bertz CT molecular complexity index is 426. The molecular formula is C15H22ClNO3. The number of rotatable bonds is 6. The molecule has 1 aromatic rings. The van der Waals surface area contributed by atoms with E-state index in [1.54, 1.807) is 11.5 Å². The van der Waals surface area contributed by atoms with Gasteiger partial charge in [-0.1, -0.05) is 12.1 Å². The van der Waals surface area contributed by atoms with Crippen LogP contribution in [0.25, 0.3) is 0 Å². The summed E-state index contributed by atoms with van der Waals surface area (Å²) >= 11 is 6.10. The number of methoxy groups -OCH3 is 1. The number of hydrogen-bond acceptors (Lipinski definition) is 4. The van der Waals surface area contributed by atoms with Crippen molar-refractivity contribution in [1.82, 2.24) is 4.42 Å². The molecule has 0 radical (unpaired) electrons. The van der Waals surface area contributed by atoms with E-state index >= 15 is 0 Å². The highest BCUT2D eigenvalue weighted by Crippen LogP contribution is 2.14. The third kappa shape index (κ3) is 6.78. The second kappa shape index (κ2) is 7.50. The lowest BCUT2D eigenvalue weighted by Crippen LogP contribution is -2.26. The first kappa shape index (κ1) is 16.8. The molecule has 0 spiro atoms. The van der Waals surface area contributed by atoms with Crippen molar-refractivity contribution in [2.45, 2.75) is 39.3 Å². The van der Waals surface area contributed by atoms with Crippen LogP contribution in [0.2, 0.25) is 0 Å². The van der Waals surface area contributed by atoms with Gasteiger partial charge >= 0.3 is 5.97 Å². The number of esters is 1. The van der Waals surface area contributed by atoms with Gasteiger partial charge in [0.2, 0.25) is 0 Å². The lowest BCUT2D eigenvalue weighted by molar-refractivity contribution is -0.154. The number of carbonyl (C=O) groups excluding carboxylic acids is 1. The highest BCUT2D eigenvalue weighted by atomic mass is 35.5. The van der Waals surface area contributed by atoms with Gasteiger partial charge < -0.3 is 9.47 Å². The average Bonchev–Trinajstić information content (AvgIpc) is 2.35. The highest BCUT2D eigenvalue weighted by molar-refractivity contribution is 6.13. The fraction of sp³-hybridized carbons (Fsp3) is 0.533. The first-order chi connectivity index (χ1) is 9.30. The second-order valence-electron chi connectivity index (χ2n) is 5.53. The molecule has 4 nitrogen and oxygen atoms in total. The molecule has 0 unspecified atom stereocenters. The van der Waals surface area contributed by atoms with Gasteiger partial charge in [0.25, 0.3) is 0 Å². The summed E-state index contributed by atoms with van der Waals surface area (Å²) in [5.74, 6) is 0.571. The Hall–Kier alpha value is -1.26. The summed E-state index contributed by atoms with van der Waals surface area (Å²) in [7, 11) is 1.63. The minimum atomic E-state index is -0.454. The average molecular weight is 300 g/mol. The van der Waals surface area contributed by atoms with Gasteiger partial charge in [-0.2, -0.15) is 0 Å². The summed E-state index contributed by atoms with van der Waals surface area (Å²) in [6, 6.07) is 7.66. The lowest BCUT2D eigenvalue weighted by atomic mass is 10.2. The largest absolute Gasteiger partial charge is 0.497 e. The van der Waals surface area contributed by atoms with Crippen molar-refractivity contribution in [2.75, 3.05) is 13.7 Å². The molecule has 0 atom stereocenters. The summed E-state index contributed by atoms with van der Waals surface area (Å²) in [5.41, 5.74) is 0.606. The molecule has 1 aromatic carbocycles. The Kier molecular flexibility index (Phi) is 6.30. The molecule has 0 aliphatic heterocycles. The number of nitrogens with zero attached hydrogens (tertiary/aromatic N) is 1. The molecule has 0 saturated carbocycles. The number of ether oxygens (including phenoxy) is 2. The van der Waals surface area contributed by atoms with E-state index in [2.05, 4.69) is 0 Å². The van der Waals surface area contributed by atoms with E-state index in [0.29, 0.717) is 13.1 Å². The molecule has 0 aliphatic carbocycles. The Morgan fingerprint density at radius 3 is 2.35 bits per heavy atom. The van der Waals surface area contributed by atoms with Crippen molar-refractivity contribution in [3.63, 3.8) is 0 Å². The Morgan fingerprint density at radius 1 is 1.25 bits per heavy atom. The van der Waals surface area contributed by atoms with Crippen molar-refractivity contribution >= 4 is 17.7 Å². The van der Waals surface area contributed by atoms with Crippen molar-refractivity contribution in [2.24, 2.45) is 0 Å². The lowest BCUT2D eigenvalue weighted by Gasteiger charge is -2.20. The predicted octanol–water partition coefficient (Wildman–Crippen LogP) is 3.38. The summed E-state index contributed by atoms with van der Waals surface area (Å²) in [6.07, 6.45) is 0.275. The molecule has 5 heteroatoms. The van der Waals surface area contributed by atoms with Crippen LogP contribution in [0.1, 0.15) is 32.8 Å². The molecule has 20 heavy (non-hydrogen) atoms. The van der Waals surface area contributed by atoms with Gasteiger partial charge in [-0.25, -0.2) is 4.42 Å². The van der Waals surface area contributed by atoms with Crippen molar-refractivity contribution < 1.29 is 14.3 Å². The highest BCUT2D eigenvalue weighted by Gasteiger charge is 2.16. The predicted molar refractivity (Wildman–Crippen MR) is 79.7 cm³/mol. The first-order valence-corrected chi connectivity index (χ1v) is 6.89. The normalized spacial score (nSPS) is 11.5. The smallest absolute Gasteiger partial charge is 0.307 e. The molecule has 0 N–H and O–H groups in total. The van der Waals surface area contributed by atoms with Crippen LogP contribution in [-0.2, 0) is 16.1 Å². The molecule has 0 aliphatic rings. The van der Waals surface area contributed by atoms with Crippen LogP contribution < -0.4 is 4.74 Å². The van der Waals surface area contributed by atoms with Crippen molar-refractivity contribution in [3.05, 3.63) is 29.8 Å². The number of benzene rings is 1. The van der Waals surface area contributed by atoms with E-state index in [1.165, 1.54) is 0 Å². The van der Waals surface area contributed by atoms with E-state index < -0.39 is 5.60 Å². The molecule has 0 fully saturated rings. The number of carbonyl (C=O) groups is 1. The maximum absolute atomic E-state index is 11.6. The summed E-state index contributed by atoms with van der Waals surface area (Å²) in [6.45, 7) is 6.55. The Labute approximate surface area is 125 Å². The Morgan fingerprint density at radius 2 is 1.85 bits per heavy atom. The summed E-state index contributed by atoms with van der Waals surface area (Å²) < 4.78 is 11.9. The standard InChI is InChI=1S/C15H22ClNO3/c1-15(2,3)20-14(18)9-10-17(16)11-12-5-7-13(19-4)8-6-12/h5-8H,9-11H2,1-4H3. The monoisotopic (exact) mass is 299 g/mol. The zero-order valence-corrected chi connectivity index (χ0v) is 13.2. The SMILES string of the molecule is COc1ccc(CN(Cl)CCC(=O)OC(C)(C)C)cc1. The first-order valence-electron chi connectivity index (χ1n) is 6.55. The fourth-order valence-electron chi connectivity index (χ4n) is 1.61. The van der Waals surface area contributed by atoms with E-state index in [9.17, 15) is 4.79 Å². The maximum atomic E-state index is 11.6. The van der Waals surface area contributed by atoms with Crippen molar-refractivity contribution in [3.8, 4) is 5.75 Å². The molecule has 0 amide bonds. The molecule has 1 rings (SSSR count). The number of halogens is 1. The van der Waals surface area contributed by atoms with Gasteiger partial charge in [-0.3, -0.25) is 4.79 Å². The van der Waals surface area contributed by atoms with Crippen LogP contribution in [0.3, 0.4) is 0 Å². The van der Waals surface area contributed by atoms with Gasteiger partial charge in [0.05, 0.1) is 13.5 Å². The van der Waals surface area contributed by atoms with E-state index in [1.807, 2.05) is 45.0 Å². The van der Waals surface area contributed by atoms with Gasteiger partial charge in [0.1, 0.15) is 11.4 Å². The Balaban J connectivity index is 2.36. The fourth-order valence-corrected chi connectivity index (χ4v) is 1.84. The van der Waals surface area contributed by atoms with Crippen LogP contribution in [0, 0.1) is 0 Å². The second-order valence-corrected chi connectivity index (χ2v) is 6.01. The minimum Gasteiger partial charge on any atom is -0.497 e. The van der Waals surface area contributed by atoms with Crippen LogP contribution in [-0.4, -0.2) is 29.6 Å². The molecule has 0 saturated heterocycles. The zero-order valence-electron chi connectivity index (χ0n) is 12.5. The molecule has 0 aromatic heterocycles. The van der Waals surface area contributed by atoms with Gasteiger partial charge in [0, 0.05) is 13.1 Å². The van der Waals surface area contributed by atoms with Crippen LogP contribution in [0.5, 0.6) is 5.75 Å². The third-order valence-corrected chi connectivity index (χ3v) is 2.78.